The summed E-state index contributed by atoms with van der Waals surface area (Å²) in [6, 6.07) is 13.5. The molecule has 0 amide bonds. The highest BCUT2D eigenvalue weighted by molar-refractivity contribution is 6.33. The predicted octanol–water partition coefficient (Wildman–Crippen LogP) is 4.17. The zero-order valence-corrected chi connectivity index (χ0v) is 16.8. The lowest BCUT2D eigenvalue weighted by Gasteiger charge is -2.32. The molecule has 4 rings (SSSR count). The Balaban J connectivity index is 1.90. The molecule has 0 saturated carbocycles. The highest BCUT2D eigenvalue weighted by atomic mass is 35.5. The standard InChI is InChI=1S/C23H24ClNO3/c1-2-16-10-6-7-11-25(16)14-19-22(27)20(24)12-18-17(13-21(26)28-23(18)19)15-8-4-3-5-9-15/h3-5,8-9,12-13,16,27H,2,6-7,10-11,14H2,1H3/p+1/t16-/m0/s1. The van der Waals surface area contributed by atoms with E-state index in [0.29, 0.717) is 23.7 Å². The molecule has 2 aromatic carbocycles. The van der Waals surface area contributed by atoms with E-state index in [0.717, 1.165) is 29.5 Å². The maximum atomic E-state index is 12.4. The highest BCUT2D eigenvalue weighted by Gasteiger charge is 2.28. The summed E-state index contributed by atoms with van der Waals surface area (Å²) < 4.78 is 5.61. The zero-order valence-electron chi connectivity index (χ0n) is 16.0. The van der Waals surface area contributed by atoms with Gasteiger partial charge in [-0.05, 0) is 42.9 Å². The van der Waals surface area contributed by atoms with Gasteiger partial charge in [0.1, 0.15) is 12.3 Å². The van der Waals surface area contributed by atoms with Crippen molar-refractivity contribution in [1.82, 2.24) is 0 Å². The molecule has 0 spiro atoms. The minimum absolute atomic E-state index is 0.0236. The van der Waals surface area contributed by atoms with Crippen molar-refractivity contribution in [2.45, 2.75) is 45.2 Å². The molecule has 5 heteroatoms. The minimum atomic E-state index is -0.421. The summed E-state index contributed by atoms with van der Waals surface area (Å²) in [6.45, 7) is 3.86. The number of quaternary nitrogens is 1. The van der Waals surface area contributed by atoms with Crippen LogP contribution in [0, 0.1) is 0 Å². The Morgan fingerprint density at radius 3 is 2.75 bits per heavy atom. The van der Waals surface area contributed by atoms with Crippen LogP contribution in [-0.4, -0.2) is 17.7 Å². The Labute approximate surface area is 169 Å². The summed E-state index contributed by atoms with van der Waals surface area (Å²) in [5.74, 6) is 0.0236. The highest BCUT2D eigenvalue weighted by Crippen LogP contribution is 2.38. The van der Waals surface area contributed by atoms with Gasteiger partial charge in [-0.1, -0.05) is 48.9 Å². The SMILES string of the molecule is CC[C@H]1CCCC[NH+]1Cc1c(O)c(Cl)cc2c(-c3ccccc3)cc(=O)oc12. The van der Waals surface area contributed by atoms with Crippen molar-refractivity contribution in [1.29, 1.82) is 0 Å². The van der Waals surface area contributed by atoms with E-state index in [1.54, 1.807) is 6.07 Å². The Morgan fingerprint density at radius 2 is 2.00 bits per heavy atom. The predicted molar refractivity (Wildman–Crippen MR) is 112 cm³/mol. The van der Waals surface area contributed by atoms with E-state index in [1.807, 2.05) is 30.3 Å². The van der Waals surface area contributed by atoms with Gasteiger partial charge in [-0.3, -0.25) is 0 Å². The number of halogens is 1. The molecule has 3 aromatic rings. The first-order valence-electron chi connectivity index (χ1n) is 9.96. The second kappa shape index (κ2) is 7.98. The van der Waals surface area contributed by atoms with Crippen molar-refractivity contribution >= 4 is 22.6 Å². The Kier molecular flexibility index (Phi) is 5.42. The van der Waals surface area contributed by atoms with Gasteiger partial charge >= 0.3 is 5.63 Å². The molecule has 0 aliphatic carbocycles. The first kappa shape index (κ1) is 19.0. The second-order valence-electron chi connectivity index (χ2n) is 7.59. The third-order valence-electron chi connectivity index (χ3n) is 5.92. The van der Waals surface area contributed by atoms with Crippen molar-refractivity contribution in [3.05, 3.63) is 63.5 Å². The van der Waals surface area contributed by atoms with E-state index < -0.39 is 5.63 Å². The molecule has 1 aliphatic heterocycles. The summed E-state index contributed by atoms with van der Waals surface area (Å²) in [7, 11) is 0. The molecular formula is C23H25ClNO3+. The van der Waals surface area contributed by atoms with E-state index in [1.165, 1.54) is 30.2 Å². The number of hydrogen-bond donors (Lipinski definition) is 2. The van der Waals surface area contributed by atoms with Gasteiger partial charge in [0.25, 0.3) is 0 Å². The normalized spacial score (nSPS) is 19.8. The smallest absolute Gasteiger partial charge is 0.336 e. The molecule has 28 heavy (non-hydrogen) atoms. The molecule has 1 unspecified atom stereocenters. The van der Waals surface area contributed by atoms with Crippen molar-refractivity contribution in [3.63, 3.8) is 0 Å². The van der Waals surface area contributed by atoms with Gasteiger partial charge in [-0.25, -0.2) is 4.79 Å². The van der Waals surface area contributed by atoms with E-state index in [4.69, 9.17) is 16.0 Å². The number of rotatable bonds is 4. The molecular weight excluding hydrogens is 374 g/mol. The van der Waals surface area contributed by atoms with Crippen LogP contribution in [-0.2, 0) is 6.54 Å². The third kappa shape index (κ3) is 3.54. The summed E-state index contributed by atoms with van der Waals surface area (Å²) in [4.78, 5) is 13.8. The molecule has 2 heterocycles. The number of nitrogens with one attached hydrogen (secondary N) is 1. The largest absolute Gasteiger partial charge is 0.506 e. The average Bonchev–Trinajstić information content (AvgIpc) is 2.72. The van der Waals surface area contributed by atoms with E-state index in [2.05, 4.69) is 6.92 Å². The van der Waals surface area contributed by atoms with Crippen molar-refractivity contribution in [3.8, 4) is 16.9 Å². The van der Waals surface area contributed by atoms with E-state index >= 15 is 0 Å². The number of fused-ring (bicyclic) bond motifs is 1. The topological polar surface area (TPSA) is 54.9 Å². The second-order valence-corrected chi connectivity index (χ2v) is 8.00. The lowest BCUT2D eigenvalue weighted by molar-refractivity contribution is -0.944. The molecule has 0 radical (unpaired) electrons. The van der Waals surface area contributed by atoms with Gasteiger partial charge in [0, 0.05) is 11.5 Å². The summed E-state index contributed by atoms with van der Waals surface area (Å²) in [5, 5.41) is 11.8. The zero-order chi connectivity index (χ0) is 19.7. The lowest BCUT2D eigenvalue weighted by Crippen LogP contribution is -3.15. The van der Waals surface area contributed by atoms with Gasteiger partial charge in [-0.2, -0.15) is 0 Å². The average molecular weight is 399 g/mol. The van der Waals surface area contributed by atoms with Crippen LogP contribution in [0.1, 0.15) is 38.2 Å². The van der Waals surface area contributed by atoms with Crippen molar-refractivity contribution in [2.75, 3.05) is 6.54 Å². The maximum Gasteiger partial charge on any atom is 0.336 e. The number of aromatic hydroxyl groups is 1. The molecule has 1 saturated heterocycles. The van der Waals surface area contributed by atoms with Crippen LogP contribution in [0.4, 0.5) is 0 Å². The van der Waals surface area contributed by atoms with Crippen LogP contribution in [0.25, 0.3) is 22.1 Å². The molecule has 1 aliphatic rings. The van der Waals surface area contributed by atoms with E-state index in [9.17, 15) is 9.90 Å². The monoisotopic (exact) mass is 398 g/mol. The van der Waals surface area contributed by atoms with Crippen LogP contribution < -0.4 is 10.5 Å². The van der Waals surface area contributed by atoms with Crippen LogP contribution in [0.15, 0.2) is 51.7 Å². The van der Waals surface area contributed by atoms with Gasteiger partial charge in [0.2, 0.25) is 0 Å². The van der Waals surface area contributed by atoms with Gasteiger partial charge in [-0.15, -0.1) is 0 Å². The third-order valence-corrected chi connectivity index (χ3v) is 6.20. The number of benzene rings is 2. The number of likely N-dealkylation sites (tertiary alicyclic amines) is 1. The molecule has 146 valence electrons. The number of phenols is 1. The number of piperidine rings is 1. The Hall–Kier alpha value is -2.30. The van der Waals surface area contributed by atoms with Gasteiger partial charge in [0.15, 0.2) is 5.58 Å². The number of phenolic OH excluding ortho intramolecular Hbond substituents is 1. The first-order chi connectivity index (χ1) is 13.6. The fourth-order valence-electron chi connectivity index (χ4n) is 4.44. The molecule has 1 fully saturated rings. The van der Waals surface area contributed by atoms with E-state index in [-0.39, 0.29) is 10.8 Å². The fraction of sp³-hybridized carbons (Fsp3) is 0.348. The summed E-state index contributed by atoms with van der Waals surface area (Å²) in [5.41, 5.74) is 2.35. The van der Waals surface area contributed by atoms with Crippen LogP contribution >= 0.6 is 11.6 Å². The van der Waals surface area contributed by atoms with Crippen LogP contribution in [0.3, 0.4) is 0 Å². The Bertz CT molecular complexity index is 1050. The minimum Gasteiger partial charge on any atom is -0.506 e. The Morgan fingerprint density at radius 1 is 1.21 bits per heavy atom. The van der Waals surface area contributed by atoms with Crippen molar-refractivity contribution < 1.29 is 14.4 Å². The number of hydrogen-bond acceptors (Lipinski definition) is 3. The van der Waals surface area contributed by atoms with Gasteiger partial charge < -0.3 is 14.4 Å². The van der Waals surface area contributed by atoms with Crippen molar-refractivity contribution in [2.24, 2.45) is 0 Å². The quantitative estimate of drug-likeness (QED) is 0.648. The fourth-order valence-corrected chi connectivity index (χ4v) is 4.66. The molecule has 2 atom stereocenters. The van der Waals surface area contributed by atoms with Crippen LogP contribution in [0.2, 0.25) is 5.02 Å². The molecule has 0 bridgehead atoms. The summed E-state index contributed by atoms with van der Waals surface area (Å²) in [6.07, 6.45) is 4.69. The summed E-state index contributed by atoms with van der Waals surface area (Å²) >= 11 is 6.40. The van der Waals surface area contributed by atoms with Gasteiger partial charge in [0.05, 0.1) is 23.2 Å². The molecule has 4 nitrogen and oxygen atoms in total. The molecule has 2 N–H and O–H groups in total. The van der Waals surface area contributed by atoms with Crippen LogP contribution in [0.5, 0.6) is 5.75 Å². The first-order valence-corrected chi connectivity index (χ1v) is 10.3. The lowest BCUT2D eigenvalue weighted by atomic mass is 9.97. The molecule has 1 aromatic heterocycles. The maximum absolute atomic E-state index is 12.4.